The van der Waals surface area contributed by atoms with Crippen molar-refractivity contribution < 1.29 is 54.7 Å². The molecule has 0 bridgehead atoms. The summed E-state index contributed by atoms with van der Waals surface area (Å²) in [5.41, 5.74) is 18.1. The zero-order valence-electron chi connectivity index (χ0n) is 25.6. The van der Waals surface area contributed by atoms with E-state index in [0.717, 1.165) is 0 Å². The van der Waals surface area contributed by atoms with Gasteiger partial charge in [0.25, 0.3) is 22.3 Å². The third-order valence-electron chi connectivity index (χ3n) is 5.57. The first-order valence-corrected chi connectivity index (χ1v) is 33.9. The molecule has 0 aliphatic rings. The summed E-state index contributed by atoms with van der Waals surface area (Å²) < 4.78 is 2.69. The molecule has 2 amide bonds. The van der Waals surface area contributed by atoms with Crippen LogP contribution < -0.4 is 27.8 Å². The number of carbonyl (C=O) groups excluding carboxylic acids is 4. The van der Waals surface area contributed by atoms with Gasteiger partial charge in [0, 0.05) is 7.14 Å². The number of nitrogen functional groups attached to an aromatic ring is 2. The average Bonchev–Trinajstić information content (AvgIpc) is 3.07. The molecule has 0 fully saturated rings. The molecule has 0 atom stereocenters. The van der Waals surface area contributed by atoms with Gasteiger partial charge in [0.1, 0.15) is 0 Å². The molecule has 0 aliphatic carbocycles. The van der Waals surface area contributed by atoms with Crippen LogP contribution in [0.1, 0.15) is 48.9 Å². The first-order valence-electron chi connectivity index (χ1n) is 13.2. The fourth-order valence-corrected chi connectivity index (χ4v) is 12.3. The van der Waals surface area contributed by atoms with Crippen molar-refractivity contribution in [1.82, 2.24) is 10.6 Å². The van der Waals surface area contributed by atoms with E-state index < -0.39 is 66.9 Å². The van der Waals surface area contributed by atoms with Crippen molar-refractivity contribution >= 4 is 252 Å². The van der Waals surface area contributed by atoms with Crippen LogP contribution in [0.4, 0.5) is 11.4 Å². The Bertz CT molecular complexity index is 1450. The molecule has 15 nitrogen and oxygen atoms in total. The Balaban J connectivity index is -0.000000782. The number of rotatable bonds is 12. The van der Waals surface area contributed by atoms with Crippen LogP contribution in [-0.4, -0.2) is 111 Å². The summed E-state index contributed by atoms with van der Waals surface area (Å²) in [6, 6.07) is -2.15. The molecule has 0 spiro atoms. The Morgan fingerprint density at radius 3 is 0.962 bits per heavy atom. The molecule has 14 N–H and O–H groups in total. The van der Waals surface area contributed by atoms with Crippen LogP contribution in [0.3, 0.4) is 0 Å². The maximum absolute atomic E-state index is 12.6. The van der Waals surface area contributed by atoms with E-state index in [2.05, 4.69) is 70.6 Å². The van der Waals surface area contributed by atoms with Crippen molar-refractivity contribution in [3.8, 4) is 0 Å². The predicted molar refractivity (Wildman–Crippen MR) is 280 cm³/mol. The van der Waals surface area contributed by atoms with Gasteiger partial charge in [-0.2, -0.15) is 0 Å². The van der Waals surface area contributed by atoms with Gasteiger partial charge in [0.2, 0.25) is 0 Å². The van der Waals surface area contributed by atoms with Gasteiger partial charge in [-0.15, -0.1) is 0 Å². The molecule has 2 rings (SSSR count). The molecule has 53 heavy (non-hydrogen) atoms. The summed E-state index contributed by atoms with van der Waals surface area (Å²) in [6.07, 6.45) is 0. The van der Waals surface area contributed by atoms with Crippen LogP contribution in [-0.2, 0) is 4.92 Å². The molecule has 0 heterocycles. The zero-order valence-corrected chi connectivity index (χ0v) is 48.0. The standard InChI is InChI=1S/C14H18I3N3O6.C8H2Cl2I3NO2.C3H9NO2.CH4.3HI.V/c15-9-7(13(25)19-5(1-21)2-22)10(16)12(18)11(17)8(9)14(26)20-6(3-23)4-24;9-7(15)1-3(11)2(8(10)16)5(13)6(14)4(1)12;4-3(1-5)2-6;;;;;/h5-6,21-24H,1-4,18H2,(H,19,25)(H,20,26);14H2;3,5-6H,1-2,4H2;1H4;3*1H;/q;;;;;;;+3/p-3. The monoisotopic (exact) mass is 1840 g/mol. The number of carbonyl (C=O) groups is 4. The minimum absolute atomic E-state index is 0. The number of hydrogen-bond acceptors (Lipinski definition) is 13. The topological polar surface area (TPSA) is 292 Å². The Morgan fingerprint density at radius 1 is 0.547 bits per heavy atom. The van der Waals surface area contributed by atoms with E-state index in [1.807, 2.05) is 136 Å². The number of nitrogens with one attached hydrogen (secondary N) is 2. The molecule has 0 saturated heterocycles. The van der Waals surface area contributed by atoms with Gasteiger partial charge in [0.05, 0.1) is 106 Å². The van der Waals surface area contributed by atoms with Crippen molar-refractivity contribution in [3.05, 3.63) is 43.7 Å². The van der Waals surface area contributed by atoms with Gasteiger partial charge in [-0.1, -0.05) is 7.43 Å². The molecule has 0 unspecified atom stereocenters. The van der Waals surface area contributed by atoms with Crippen LogP contribution in [0.15, 0.2) is 0 Å². The third kappa shape index (κ3) is 20.9. The average molecular weight is 1840 g/mol. The Morgan fingerprint density at radius 2 is 0.774 bits per heavy atom. The van der Waals surface area contributed by atoms with Gasteiger partial charge in [-0.3, -0.25) is 19.2 Å². The summed E-state index contributed by atoms with van der Waals surface area (Å²) in [7, 11) is 0. The fourth-order valence-electron chi connectivity index (χ4n) is 2.98. The van der Waals surface area contributed by atoms with Crippen LogP contribution in [0.25, 0.3) is 0 Å². The molecule has 2 aromatic rings. The van der Waals surface area contributed by atoms with Crippen molar-refractivity contribution in [2.24, 2.45) is 5.73 Å². The zero-order chi connectivity index (χ0) is 41.2. The van der Waals surface area contributed by atoms with E-state index in [9.17, 15) is 19.2 Å². The van der Waals surface area contributed by atoms with Crippen LogP contribution in [0.2, 0.25) is 0 Å². The van der Waals surface area contributed by atoms with E-state index >= 15 is 0 Å². The Hall–Kier alpha value is 3.77. The van der Waals surface area contributed by atoms with E-state index in [0.29, 0.717) is 27.1 Å². The molecule has 27 heteroatoms. The van der Waals surface area contributed by atoms with Crippen LogP contribution in [0, 0.1) is 21.4 Å². The summed E-state index contributed by atoms with van der Waals surface area (Å²) >= 11 is 29.6. The molecular weight excluding hydrogens is 1810 g/mol. The van der Waals surface area contributed by atoms with Gasteiger partial charge < -0.3 is 58.5 Å². The van der Waals surface area contributed by atoms with Crippen LogP contribution >= 0.6 is 219 Å². The summed E-state index contributed by atoms with van der Waals surface area (Å²) in [5.74, 6) is -1.19. The molecule has 2 aromatic carbocycles. The SMILES string of the molecule is C.NC(CO)CO.Nc1c(I)c(C(=O)Cl)c(I)c(C(=O)Cl)c1I.Nc1c(I)c(C(=O)NC(CO)CO)c(I)c(C(=O)NC(CO)CO)c1I.[I][V]([I])[I]. The summed E-state index contributed by atoms with van der Waals surface area (Å²) in [6.45, 7) is -2.07. The second-order valence-electron chi connectivity index (χ2n) is 9.15. The molecule has 0 aromatic heterocycles. The summed E-state index contributed by atoms with van der Waals surface area (Å²) in [5, 5.41) is 56.3. The molecule has 304 valence electrons. The maximum atomic E-state index is 12.6. The number of hydrogen-bond donors (Lipinski definition) is 11. The number of aliphatic hydroxyl groups excluding tert-OH is 6. The van der Waals surface area contributed by atoms with E-state index in [4.69, 9.17) is 71.0 Å². The number of nitrogens with two attached hydrogens (primary N) is 3. The molecule has 0 radical (unpaired) electrons. The van der Waals surface area contributed by atoms with Crippen molar-refractivity contribution in [3.63, 3.8) is 0 Å². The fraction of sp³-hybridized carbons (Fsp3) is 0.385. The van der Waals surface area contributed by atoms with Gasteiger partial charge in [-0.05, 0) is 159 Å². The van der Waals surface area contributed by atoms with Crippen molar-refractivity contribution in [2.45, 2.75) is 25.6 Å². The van der Waals surface area contributed by atoms with E-state index in [-0.39, 0.29) is 53.5 Å². The number of amides is 2. The Labute approximate surface area is 435 Å². The minimum atomic E-state index is -0.847. The number of benzene rings is 2. The number of aliphatic hydroxyl groups is 6. The quantitative estimate of drug-likeness (QED) is 0.0784. The van der Waals surface area contributed by atoms with E-state index in [1.54, 1.807) is 0 Å². The van der Waals surface area contributed by atoms with Gasteiger partial charge in [-0.25, -0.2) is 0 Å². The molecule has 0 aliphatic heterocycles. The predicted octanol–water partition coefficient (Wildman–Crippen LogP) is 4.68. The molecular formula is C26H33Cl2I9N5O10V. The second-order valence-corrected chi connectivity index (χ2v) is 51.7. The number of anilines is 2. The van der Waals surface area contributed by atoms with Gasteiger partial charge >= 0.3 is 64.9 Å². The number of halogens is 11. The Kier molecular flexibility index (Phi) is 37.4. The van der Waals surface area contributed by atoms with E-state index in [1.165, 1.54) is 0 Å². The van der Waals surface area contributed by atoms with Crippen molar-refractivity contribution in [1.29, 1.82) is 0 Å². The van der Waals surface area contributed by atoms with Gasteiger partial charge in [0.15, 0.2) is 0 Å². The first-order chi connectivity index (χ1) is 24.1. The first kappa shape index (κ1) is 61.1. The summed E-state index contributed by atoms with van der Waals surface area (Å²) in [4.78, 5) is 47.4. The second kappa shape index (κ2) is 32.5. The molecule has 0 saturated carbocycles. The van der Waals surface area contributed by atoms with Crippen LogP contribution in [0.5, 0.6) is 0 Å². The van der Waals surface area contributed by atoms with Crippen molar-refractivity contribution in [2.75, 3.05) is 51.1 Å². The normalized spacial score (nSPS) is 10.4. The third-order valence-corrected chi connectivity index (χ3v) is 12.6.